The van der Waals surface area contributed by atoms with Crippen LogP contribution in [0.2, 0.25) is 0 Å². The fraction of sp³-hybridized carbons (Fsp3) is 0.435. The van der Waals surface area contributed by atoms with Gasteiger partial charge in [0.25, 0.3) is 11.6 Å². The van der Waals surface area contributed by atoms with Crippen molar-refractivity contribution < 1.29 is 14.1 Å². The first-order chi connectivity index (χ1) is 14.2. The molecular formula is C23H27N3O3. The quantitative estimate of drug-likeness (QED) is 0.590. The molecule has 0 bridgehead atoms. The second-order valence-corrected chi connectivity index (χ2v) is 7.61. The van der Waals surface area contributed by atoms with E-state index >= 15 is 0 Å². The number of hydrogen-bond donors (Lipinski definition) is 1. The molecule has 1 amide bonds. The zero-order chi connectivity index (χ0) is 20.1. The highest BCUT2D eigenvalue weighted by Crippen LogP contribution is 2.27. The van der Waals surface area contributed by atoms with Crippen molar-refractivity contribution in [2.75, 3.05) is 13.2 Å². The average Bonchev–Trinajstić information content (AvgIpc) is 3.15. The van der Waals surface area contributed by atoms with Crippen LogP contribution in [0.5, 0.6) is 0 Å². The number of benzene rings is 1. The summed E-state index contributed by atoms with van der Waals surface area (Å²) in [6.45, 7) is 3.07. The van der Waals surface area contributed by atoms with Crippen LogP contribution in [-0.2, 0) is 4.74 Å². The molecule has 2 aromatic heterocycles. The van der Waals surface area contributed by atoms with Crippen molar-refractivity contribution in [3.63, 3.8) is 0 Å². The standard InChI is InChI=1S/C23H27N3O3/c1-16-21-19(22(27)24-13-8-14-28-18-11-6-3-7-12-18)15-20(25-23(21)29-26-16)17-9-4-2-5-10-17/h2,4-5,9-10,15,18H,3,6-8,11-14H2,1H3,(H,24,27). The molecule has 0 unspecified atom stereocenters. The molecule has 0 saturated heterocycles. The van der Waals surface area contributed by atoms with Crippen LogP contribution in [-0.4, -0.2) is 35.3 Å². The summed E-state index contributed by atoms with van der Waals surface area (Å²) in [4.78, 5) is 17.4. The number of aromatic nitrogens is 2. The van der Waals surface area contributed by atoms with E-state index in [4.69, 9.17) is 9.26 Å². The Hall–Kier alpha value is -2.73. The number of nitrogens with zero attached hydrogens (tertiary/aromatic N) is 2. The number of fused-ring (bicyclic) bond motifs is 1. The van der Waals surface area contributed by atoms with Crippen LogP contribution in [0, 0.1) is 6.92 Å². The van der Waals surface area contributed by atoms with Crippen molar-refractivity contribution in [2.24, 2.45) is 0 Å². The maximum absolute atomic E-state index is 12.9. The summed E-state index contributed by atoms with van der Waals surface area (Å²) < 4.78 is 11.3. The lowest BCUT2D eigenvalue weighted by atomic mass is 9.98. The van der Waals surface area contributed by atoms with Gasteiger partial charge in [-0.1, -0.05) is 54.8 Å². The lowest BCUT2D eigenvalue weighted by Gasteiger charge is -2.21. The van der Waals surface area contributed by atoms with E-state index < -0.39 is 0 Å². The van der Waals surface area contributed by atoms with Crippen molar-refractivity contribution in [2.45, 2.75) is 51.6 Å². The van der Waals surface area contributed by atoms with Gasteiger partial charge in [0.15, 0.2) is 0 Å². The SMILES string of the molecule is Cc1noc2nc(-c3ccccc3)cc(C(=O)NCCCOC3CCCCC3)c12. The molecule has 1 N–H and O–H groups in total. The van der Waals surface area contributed by atoms with Crippen LogP contribution in [0.4, 0.5) is 0 Å². The Labute approximate surface area is 170 Å². The Bertz CT molecular complexity index is 962. The molecule has 4 rings (SSSR count). The summed E-state index contributed by atoms with van der Waals surface area (Å²) in [6, 6.07) is 11.6. The van der Waals surface area contributed by atoms with Gasteiger partial charge in [-0.05, 0) is 32.3 Å². The number of nitrogens with one attached hydrogen (secondary N) is 1. The Kier molecular flexibility index (Phi) is 6.20. The van der Waals surface area contributed by atoms with E-state index in [9.17, 15) is 4.79 Å². The minimum Gasteiger partial charge on any atom is -0.378 e. The Balaban J connectivity index is 1.43. The van der Waals surface area contributed by atoms with Crippen molar-refractivity contribution in [1.82, 2.24) is 15.5 Å². The van der Waals surface area contributed by atoms with Crippen LogP contribution in [0.3, 0.4) is 0 Å². The van der Waals surface area contributed by atoms with Gasteiger partial charge in [0.2, 0.25) is 0 Å². The van der Waals surface area contributed by atoms with E-state index in [0.29, 0.717) is 47.3 Å². The summed E-state index contributed by atoms with van der Waals surface area (Å²) in [7, 11) is 0. The monoisotopic (exact) mass is 393 g/mol. The molecule has 1 aromatic carbocycles. The van der Waals surface area contributed by atoms with E-state index in [1.54, 1.807) is 0 Å². The van der Waals surface area contributed by atoms with E-state index in [2.05, 4.69) is 15.5 Å². The van der Waals surface area contributed by atoms with Gasteiger partial charge in [-0.15, -0.1) is 0 Å². The molecule has 3 aromatic rings. The average molecular weight is 393 g/mol. The van der Waals surface area contributed by atoms with E-state index in [-0.39, 0.29) is 5.91 Å². The van der Waals surface area contributed by atoms with Crippen molar-refractivity contribution >= 4 is 17.0 Å². The molecule has 6 nitrogen and oxygen atoms in total. The lowest BCUT2D eigenvalue weighted by Crippen LogP contribution is -2.26. The molecule has 0 radical (unpaired) electrons. The van der Waals surface area contributed by atoms with E-state index in [1.807, 2.05) is 43.3 Å². The van der Waals surface area contributed by atoms with Gasteiger partial charge in [0, 0.05) is 18.7 Å². The molecule has 1 saturated carbocycles. The minimum absolute atomic E-state index is 0.140. The topological polar surface area (TPSA) is 77.2 Å². The summed E-state index contributed by atoms with van der Waals surface area (Å²) in [5, 5.41) is 7.67. The van der Waals surface area contributed by atoms with Crippen molar-refractivity contribution in [3.05, 3.63) is 47.7 Å². The Morgan fingerprint density at radius 2 is 2.00 bits per heavy atom. The van der Waals surface area contributed by atoms with E-state index in [0.717, 1.165) is 24.8 Å². The van der Waals surface area contributed by atoms with Crippen molar-refractivity contribution in [3.8, 4) is 11.3 Å². The third kappa shape index (κ3) is 4.65. The molecule has 0 aliphatic heterocycles. The smallest absolute Gasteiger partial charge is 0.259 e. The fourth-order valence-corrected chi connectivity index (χ4v) is 3.88. The summed E-state index contributed by atoms with van der Waals surface area (Å²) in [5.74, 6) is -0.140. The third-order valence-electron chi connectivity index (χ3n) is 5.44. The highest BCUT2D eigenvalue weighted by Gasteiger charge is 2.19. The van der Waals surface area contributed by atoms with Gasteiger partial charge in [-0.2, -0.15) is 0 Å². The van der Waals surface area contributed by atoms with Gasteiger partial charge in [-0.3, -0.25) is 4.79 Å². The Morgan fingerprint density at radius 3 is 2.79 bits per heavy atom. The normalized spacial score (nSPS) is 14.9. The molecule has 2 heterocycles. The van der Waals surface area contributed by atoms with E-state index in [1.165, 1.54) is 19.3 Å². The van der Waals surface area contributed by atoms with Crippen LogP contribution < -0.4 is 5.32 Å². The summed E-state index contributed by atoms with van der Waals surface area (Å²) >= 11 is 0. The summed E-state index contributed by atoms with van der Waals surface area (Å²) in [5.41, 5.74) is 3.21. The van der Waals surface area contributed by atoms with Crippen LogP contribution in [0.1, 0.15) is 54.6 Å². The first-order valence-corrected chi connectivity index (χ1v) is 10.4. The summed E-state index contributed by atoms with van der Waals surface area (Å²) in [6.07, 6.45) is 7.37. The minimum atomic E-state index is -0.140. The number of carbonyl (C=O) groups is 1. The highest BCUT2D eigenvalue weighted by molar-refractivity contribution is 6.06. The van der Waals surface area contributed by atoms with Gasteiger partial charge >= 0.3 is 0 Å². The number of aryl methyl sites for hydroxylation is 1. The maximum atomic E-state index is 12.9. The number of amides is 1. The Morgan fingerprint density at radius 1 is 1.21 bits per heavy atom. The fourth-order valence-electron chi connectivity index (χ4n) is 3.88. The molecular weight excluding hydrogens is 366 g/mol. The molecule has 0 atom stereocenters. The largest absolute Gasteiger partial charge is 0.378 e. The maximum Gasteiger partial charge on any atom is 0.259 e. The van der Waals surface area contributed by atoms with Crippen molar-refractivity contribution in [1.29, 1.82) is 0 Å². The molecule has 29 heavy (non-hydrogen) atoms. The number of pyridine rings is 1. The number of rotatable bonds is 7. The predicted octanol–water partition coefficient (Wildman–Crippen LogP) is 4.67. The van der Waals surface area contributed by atoms with Crippen LogP contribution in [0.15, 0.2) is 40.9 Å². The molecule has 6 heteroatoms. The number of carbonyl (C=O) groups excluding carboxylic acids is 1. The number of hydrogen-bond acceptors (Lipinski definition) is 5. The second kappa shape index (κ2) is 9.18. The lowest BCUT2D eigenvalue weighted by molar-refractivity contribution is 0.0273. The number of ether oxygens (including phenoxy) is 1. The van der Waals surface area contributed by atoms with Gasteiger partial charge in [0.05, 0.1) is 28.4 Å². The van der Waals surface area contributed by atoms with Crippen LogP contribution >= 0.6 is 0 Å². The van der Waals surface area contributed by atoms with Crippen LogP contribution in [0.25, 0.3) is 22.4 Å². The van der Waals surface area contributed by atoms with Gasteiger partial charge in [-0.25, -0.2) is 4.98 Å². The highest BCUT2D eigenvalue weighted by atomic mass is 16.5. The molecule has 1 fully saturated rings. The first-order valence-electron chi connectivity index (χ1n) is 10.4. The van der Waals surface area contributed by atoms with Gasteiger partial charge < -0.3 is 14.6 Å². The van der Waals surface area contributed by atoms with Gasteiger partial charge in [0.1, 0.15) is 0 Å². The molecule has 1 aliphatic rings. The zero-order valence-electron chi connectivity index (χ0n) is 16.8. The molecule has 0 spiro atoms. The predicted molar refractivity (Wildman–Crippen MR) is 112 cm³/mol. The third-order valence-corrected chi connectivity index (χ3v) is 5.44. The first kappa shape index (κ1) is 19.6. The molecule has 1 aliphatic carbocycles. The zero-order valence-corrected chi connectivity index (χ0v) is 16.8. The second-order valence-electron chi connectivity index (χ2n) is 7.61. The molecule has 152 valence electrons.